The van der Waals surface area contributed by atoms with E-state index in [9.17, 15) is 13.9 Å². The molecule has 136 valence electrons. The van der Waals surface area contributed by atoms with Crippen molar-refractivity contribution >= 4 is 11.5 Å². The molecule has 0 saturated carbocycles. The van der Waals surface area contributed by atoms with Gasteiger partial charge in [0.05, 0.1) is 12.4 Å². The average Bonchev–Trinajstić information content (AvgIpc) is 3.11. The van der Waals surface area contributed by atoms with Crippen molar-refractivity contribution < 1.29 is 13.9 Å². The van der Waals surface area contributed by atoms with Gasteiger partial charge < -0.3 is 10.0 Å². The van der Waals surface area contributed by atoms with E-state index in [1.807, 2.05) is 6.07 Å². The number of imidazole rings is 1. The smallest absolute Gasteiger partial charge is 0.281 e. The Hall–Kier alpha value is -2.68. The first kappa shape index (κ1) is 16.8. The second kappa shape index (κ2) is 6.91. The first-order valence-corrected chi connectivity index (χ1v) is 8.46. The summed E-state index contributed by atoms with van der Waals surface area (Å²) < 4.78 is 27.4. The lowest BCUT2D eigenvalue weighted by atomic mass is 9.99. The van der Waals surface area contributed by atoms with Crippen molar-refractivity contribution in [3.63, 3.8) is 0 Å². The number of nitrogens with zero attached hydrogens (tertiary/aromatic N) is 6. The Kier molecular flexibility index (Phi) is 4.46. The molecule has 4 heterocycles. The topological polar surface area (TPSA) is 79.4 Å². The first-order chi connectivity index (χ1) is 12.7. The van der Waals surface area contributed by atoms with Gasteiger partial charge >= 0.3 is 0 Å². The highest BCUT2D eigenvalue weighted by molar-refractivity contribution is 5.58. The molecule has 1 aliphatic heterocycles. The van der Waals surface area contributed by atoms with E-state index in [0.29, 0.717) is 17.2 Å². The van der Waals surface area contributed by atoms with E-state index in [2.05, 4.69) is 24.8 Å². The fourth-order valence-corrected chi connectivity index (χ4v) is 3.25. The summed E-state index contributed by atoms with van der Waals surface area (Å²) in [5.74, 6) is 1.40. The fraction of sp³-hybridized carbons (Fsp3) is 0.412. The summed E-state index contributed by atoms with van der Waals surface area (Å²) in [5, 5.41) is 9.41. The predicted octanol–water partition coefficient (Wildman–Crippen LogP) is 2.33. The van der Waals surface area contributed by atoms with E-state index < -0.39 is 6.43 Å². The molecule has 4 rings (SSSR count). The molecule has 0 aromatic carbocycles. The quantitative estimate of drug-likeness (QED) is 0.769. The Labute approximate surface area is 148 Å². The zero-order valence-corrected chi connectivity index (χ0v) is 14.0. The van der Waals surface area contributed by atoms with Crippen LogP contribution in [0.4, 0.5) is 14.6 Å². The van der Waals surface area contributed by atoms with Crippen LogP contribution in [0, 0.1) is 5.92 Å². The lowest BCUT2D eigenvalue weighted by Crippen LogP contribution is -2.37. The largest absolute Gasteiger partial charge is 0.396 e. The van der Waals surface area contributed by atoms with Crippen molar-refractivity contribution in [2.75, 3.05) is 24.6 Å². The third-order valence-corrected chi connectivity index (χ3v) is 4.61. The van der Waals surface area contributed by atoms with Gasteiger partial charge in [0.2, 0.25) is 0 Å². The molecule has 1 atom stereocenters. The van der Waals surface area contributed by atoms with E-state index in [-0.39, 0.29) is 18.2 Å². The molecule has 0 amide bonds. The molecule has 3 aromatic heterocycles. The molecule has 3 aromatic rings. The third-order valence-electron chi connectivity index (χ3n) is 4.61. The molecular weight excluding hydrogens is 342 g/mol. The summed E-state index contributed by atoms with van der Waals surface area (Å²) in [4.78, 5) is 18.9. The van der Waals surface area contributed by atoms with Gasteiger partial charge in [0.1, 0.15) is 17.2 Å². The molecule has 9 heteroatoms. The summed E-state index contributed by atoms with van der Waals surface area (Å²) in [5.41, 5.74) is 0.660. The van der Waals surface area contributed by atoms with E-state index in [0.717, 1.165) is 31.7 Å². The number of hydrogen-bond donors (Lipinski definition) is 1. The van der Waals surface area contributed by atoms with Gasteiger partial charge in [0.25, 0.3) is 6.43 Å². The number of aliphatic hydroxyl groups is 1. The Balaban J connectivity index is 1.70. The lowest BCUT2D eigenvalue weighted by molar-refractivity contribution is 0.145. The standard InChI is InChI=1S/C17H18F2N6O/c18-16(19)12-9-25-13(6-22-15(25)7-21-12)17-20-4-3-14(23-17)24-5-1-2-11(8-24)10-26/h3-4,6-7,9,11,16,26H,1-2,5,8,10H2/t11-/m1/s1. The number of alkyl halides is 2. The van der Waals surface area contributed by atoms with E-state index in [1.54, 1.807) is 12.4 Å². The van der Waals surface area contributed by atoms with E-state index >= 15 is 0 Å². The number of hydrogen-bond acceptors (Lipinski definition) is 6. The highest BCUT2D eigenvalue weighted by Crippen LogP contribution is 2.25. The summed E-state index contributed by atoms with van der Waals surface area (Å²) in [6.07, 6.45) is 5.11. The molecule has 26 heavy (non-hydrogen) atoms. The fourth-order valence-electron chi connectivity index (χ4n) is 3.25. The minimum atomic E-state index is -2.66. The summed E-state index contributed by atoms with van der Waals surface area (Å²) in [6, 6.07) is 1.82. The third kappa shape index (κ3) is 3.10. The van der Waals surface area contributed by atoms with Crippen molar-refractivity contribution in [2.45, 2.75) is 19.3 Å². The van der Waals surface area contributed by atoms with E-state index in [1.165, 1.54) is 16.8 Å². The van der Waals surface area contributed by atoms with Crippen LogP contribution in [0.15, 0.2) is 30.9 Å². The molecule has 7 nitrogen and oxygen atoms in total. The average molecular weight is 360 g/mol. The molecule has 0 aliphatic carbocycles. The monoisotopic (exact) mass is 360 g/mol. The summed E-state index contributed by atoms with van der Waals surface area (Å²) in [7, 11) is 0. The lowest BCUT2D eigenvalue weighted by Gasteiger charge is -2.32. The number of aromatic nitrogens is 5. The summed E-state index contributed by atoms with van der Waals surface area (Å²) in [6.45, 7) is 1.75. The molecule has 0 bridgehead atoms. The number of aliphatic hydroxyl groups excluding tert-OH is 1. The first-order valence-electron chi connectivity index (χ1n) is 8.46. The van der Waals surface area contributed by atoms with Gasteiger partial charge in [0, 0.05) is 32.1 Å². The van der Waals surface area contributed by atoms with Crippen LogP contribution in [0.25, 0.3) is 17.2 Å². The zero-order valence-electron chi connectivity index (χ0n) is 14.0. The molecule has 1 N–H and O–H groups in total. The minimum absolute atomic E-state index is 0.158. The van der Waals surface area contributed by atoms with Crippen LogP contribution in [-0.4, -0.2) is 49.1 Å². The van der Waals surface area contributed by atoms with Crippen LogP contribution in [0.2, 0.25) is 0 Å². The van der Waals surface area contributed by atoms with Gasteiger partial charge in [-0.2, -0.15) is 0 Å². The number of fused-ring (bicyclic) bond motifs is 1. The van der Waals surface area contributed by atoms with Crippen molar-refractivity contribution in [2.24, 2.45) is 5.92 Å². The second-order valence-corrected chi connectivity index (χ2v) is 6.36. The van der Waals surface area contributed by atoms with Crippen molar-refractivity contribution in [3.05, 3.63) is 36.5 Å². The normalized spacial score (nSPS) is 18.0. The Bertz CT molecular complexity index is 915. The number of halogens is 2. The second-order valence-electron chi connectivity index (χ2n) is 6.36. The van der Waals surface area contributed by atoms with Crippen LogP contribution in [-0.2, 0) is 0 Å². The van der Waals surface area contributed by atoms with Gasteiger partial charge in [-0.05, 0) is 24.8 Å². The molecule has 0 radical (unpaired) electrons. The maximum atomic E-state index is 13.0. The van der Waals surface area contributed by atoms with Gasteiger partial charge in [-0.1, -0.05) is 0 Å². The Morgan fingerprint density at radius 2 is 2.12 bits per heavy atom. The molecule has 0 spiro atoms. The van der Waals surface area contributed by atoms with Crippen molar-refractivity contribution in [1.29, 1.82) is 0 Å². The van der Waals surface area contributed by atoms with Crippen LogP contribution < -0.4 is 4.90 Å². The van der Waals surface area contributed by atoms with Crippen LogP contribution in [0.5, 0.6) is 0 Å². The van der Waals surface area contributed by atoms with Gasteiger partial charge in [-0.15, -0.1) is 0 Å². The number of rotatable bonds is 4. The van der Waals surface area contributed by atoms with Crippen LogP contribution >= 0.6 is 0 Å². The van der Waals surface area contributed by atoms with Gasteiger partial charge in [-0.3, -0.25) is 4.40 Å². The van der Waals surface area contributed by atoms with Crippen LogP contribution in [0.1, 0.15) is 25.0 Å². The highest BCUT2D eigenvalue weighted by atomic mass is 19.3. The molecule has 1 fully saturated rings. The highest BCUT2D eigenvalue weighted by Gasteiger charge is 2.21. The zero-order chi connectivity index (χ0) is 18.1. The van der Waals surface area contributed by atoms with Crippen molar-refractivity contribution in [3.8, 4) is 11.5 Å². The maximum absolute atomic E-state index is 13.0. The molecule has 0 unspecified atom stereocenters. The molecular formula is C17H18F2N6O. The van der Waals surface area contributed by atoms with Gasteiger partial charge in [0.15, 0.2) is 11.5 Å². The number of piperidine rings is 1. The van der Waals surface area contributed by atoms with Gasteiger partial charge in [-0.25, -0.2) is 28.7 Å². The molecule has 1 aliphatic rings. The maximum Gasteiger partial charge on any atom is 0.281 e. The minimum Gasteiger partial charge on any atom is -0.396 e. The SMILES string of the molecule is OC[C@@H]1CCCN(c2ccnc(-c3cnc4cnc(C(F)F)cn34)n2)C1. The molecule has 1 saturated heterocycles. The predicted molar refractivity (Wildman–Crippen MR) is 91.0 cm³/mol. The summed E-state index contributed by atoms with van der Waals surface area (Å²) >= 11 is 0. The van der Waals surface area contributed by atoms with Crippen molar-refractivity contribution in [1.82, 2.24) is 24.3 Å². The van der Waals surface area contributed by atoms with Crippen LogP contribution in [0.3, 0.4) is 0 Å². The Morgan fingerprint density at radius 3 is 2.92 bits per heavy atom. The van der Waals surface area contributed by atoms with E-state index in [4.69, 9.17) is 0 Å². The number of anilines is 1. The Morgan fingerprint density at radius 1 is 1.23 bits per heavy atom.